The molecule has 0 heterocycles. The smallest absolute Gasteiger partial charge is 0.0594 e. The van der Waals surface area contributed by atoms with E-state index in [-0.39, 0.29) is 0 Å². The van der Waals surface area contributed by atoms with E-state index in [1.165, 1.54) is 231 Å². The topological polar surface area (TPSA) is 0 Å². The minimum atomic E-state index is -0.753. The molecular formula is C48H100P+. The van der Waals surface area contributed by atoms with Crippen LogP contribution in [0.4, 0.5) is 0 Å². The lowest BCUT2D eigenvalue weighted by atomic mass is 10.0. The van der Waals surface area contributed by atoms with Gasteiger partial charge in [-0.25, -0.2) is 0 Å². The van der Waals surface area contributed by atoms with Crippen LogP contribution in [0.1, 0.15) is 285 Å². The van der Waals surface area contributed by atoms with Gasteiger partial charge in [-0.3, -0.25) is 0 Å². The Bertz CT molecular complexity index is 519. The Hall–Kier alpha value is 0.430. The molecule has 0 atom stereocenters. The second-order valence-electron chi connectivity index (χ2n) is 17.0. The molecule has 0 spiro atoms. The molecule has 0 saturated carbocycles. The van der Waals surface area contributed by atoms with E-state index < -0.39 is 7.26 Å². The fourth-order valence-electron chi connectivity index (χ4n) is 8.41. The highest BCUT2D eigenvalue weighted by Crippen LogP contribution is 2.61. The van der Waals surface area contributed by atoms with Gasteiger partial charge in [-0.05, 0) is 51.4 Å². The van der Waals surface area contributed by atoms with Crippen molar-refractivity contribution in [2.45, 2.75) is 285 Å². The molecule has 0 saturated heterocycles. The van der Waals surface area contributed by atoms with Gasteiger partial charge in [0.1, 0.15) is 0 Å². The van der Waals surface area contributed by atoms with Crippen LogP contribution < -0.4 is 0 Å². The molecule has 0 amide bonds. The van der Waals surface area contributed by atoms with Crippen molar-refractivity contribution >= 4 is 7.26 Å². The highest BCUT2D eigenvalue weighted by atomic mass is 31.2. The first-order valence-corrected chi connectivity index (χ1v) is 26.6. The van der Waals surface area contributed by atoms with E-state index in [1.54, 1.807) is 50.3 Å². The zero-order valence-electron chi connectivity index (χ0n) is 35.6. The van der Waals surface area contributed by atoms with Crippen LogP contribution >= 0.6 is 7.26 Å². The van der Waals surface area contributed by atoms with E-state index in [0.717, 1.165) is 0 Å². The average molecular weight is 708 g/mol. The van der Waals surface area contributed by atoms with Crippen molar-refractivity contribution in [3.8, 4) is 0 Å². The highest BCUT2D eigenvalue weighted by molar-refractivity contribution is 7.75. The first-order valence-electron chi connectivity index (χ1n) is 24.1. The summed E-state index contributed by atoms with van der Waals surface area (Å²) in [4.78, 5) is 0. The second kappa shape index (κ2) is 42.8. The summed E-state index contributed by atoms with van der Waals surface area (Å²) in [5.74, 6) is 0. The summed E-state index contributed by atoms with van der Waals surface area (Å²) in [6.45, 7) is 9.42. The third kappa shape index (κ3) is 38.0. The second-order valence-corrected chi connectivity index (χ2v) is 21.4. The number of hydrogen-bond donors (Lipinski definition) is 0. The van der Waals surface area contributed by atoms with Crippen molar-refractivity contribution in [3.05, 3.63) is 0 Å². The molecule has 0 unspecified atom stereocenters. The van der Waals surface area contributed by atoms with E-state index in [2.05, 4.69) is 27.7 Å². The molecule has 0 bridgehead atoms. The maximum Gasteiger partial charge on any atom is 0.0594 e. The van der Waals surface area contributed by atoms with Crippen LogP contribution in [0.25, 0.3) is 0 Å². The van der Waals surface area contributed by atoms with Crippen LogP contribution in [-0.2, 0) is 0 Å². The minimum absolute atomic E-state index is 0.753. The van der Waals surface area contributed by atoms with Gasteiger partial charge in [-0.1, -0.05) is 233 Å². The van der Waals surface area contributed by atoms with Crippen LogP contribution in [0.5, 0.6) is 0 Å². The van der Waals surface area contributed by atoms with Gasteiger partial charge < -0.3 is 0 Å². The summed E-state index contributed by atoms with van der Waals surface area (Å²) in [5, 5.41) is 0. The average Bonchev–Trinajstić information content (AvgIpc) is 3.11. The quantitative estimate of drug-likeness (QED) is 0.0437. The molecule has 0 rings (SSSR count). The van der Waals surface area contributed by atoms with Gasteiger partial charge in [0.25, 0.3) is 0 Å². The van der Waals surface area contributed by atoms with Gasteiger partial charge in [0.05, 0.1) is 24.6 Å². The molecule has 0 aromatic rings. The van der Waals surface area contributed by atoms with E-state index in [4.69, 9.17) is 0 Å². The monoisotopic (exact) mass is 708 g/mol. The largest absolute Gasteiger partial charge is 0.0654 e. The predicted molar refractivity (Wildman–Crippen MR) is 234 cm³/mol. The molecule has 0 aliphatic heterocycles. The maximum atomic E-state index is 2.39. The summed E-state index contributed by atoms with van der Waals surface area (Å²) < 4.78 is 0. The number of hydrogen-bond acceptors (Lipinski definition) is 0. The van der Waals surface area contributed by atoms with Crippen molar-refractivity contribution in [2.75, 3.05) is 24.6 Å². The SMILES string of the molecule is CCCCCCCCCCCCCCCCCC[P+](CCCCCC)(CCCCCC)CCCCCCCCCCCCCCCCCC. The van der Waals surface area contributed by atoms with E-state index in [0.29, 0.717) is 0 Å². The van der Waals surface area contributed by atoms with Crippen molar-refractivity contribution in [3.63, 3.8) is 0 Å². The Kier molecular flexibility index (Phi) is 43.2. The Labute approximate surface area is 315 Å². The third-order valence-corrected chi connectivity index (χ3v) is 17.0. The molecule has 49 heavy (non-hydrogen) atoms. The summed E-state index contributed by atoms with van der Waals surface area (Å²) in [6, 6.07) is 0. The molecular weight excluding hydrogens is 608 g/mol. The summed E-state index contributed by atoms with van der Waals surface area (Å²) in [6.07, 6.45) is 66.1. The van der Waals surface area contributed by atoms with Crippen LogP contribution in [-0.4, -0.2) is 24.6 Å². The molecule has 1 heteroatoms. The zero-order valence-corrected chi connectivity index (χ0v) is 36.5. The van der Waals surface area contributed by atoms with Crippen molar-refractivity contribution in [2.24, 2.45) is 0 Å². The zero-order chi connectivity index (χ0) is 35.6. The summed E-state index contributed by atoms with van der Waals surface area (Å²) in [7, 11) is -0.753. The lowest BCUT2D eigenvalue weighted by Crippen LogP contribution is -2.13. The van der Waals surface area contributed by atoms with Gasteiger partial charge in [-0.2, -0.15) is 0 Å². The fourth-order valence-corrected chi connectivity index (χ4v) is 13.3. The van der Waals surface area contributed by atoms with Gasteiger partial charge in [0.2, 0.25) is 0 Å². The van der Waals surface area contributed by atoms with Crippen molar-refractivity contribution in [1.29, 1.82) is 0 Å². The van der Waals surface area contributed by atoms with Crippen LogP contribution in [0.3, 0.4) is 0 Å². The Balaban J connectivity index is 4.25. The van der Waals surface area contributed by atoms with Gasteiger partial charge in [0.15, 0.2) is 0 Å². The minimum Gasteiger partial charge on any atom is -0.0654 e. The Morgan fingerprint density at radius 1 is 0.163 bits per heavy atom. The highest BCUT2D eigenvalue weighted by Gasteiger charge is 2.34. The third-order valence-electron chi connectivity index (χ3n) is 11.9. The maximum absolute atomic E-state index is 2.39. The van der Waals surface area contributed by atoms with E-state index >= 15 is 0 Å². The molecule has 296 valence electrons. The molecule has 0 fully saturated rings. The summed E-state index contributed by atoms with van der Waals surface area (Å²) >= 11 is 0. The number of rotatable bonds is 44. The van der Waals surface area contributed by atoms with Crippen LogP contribution in [0, 0.1) is 0 Å². The van der Waals surface area contributed by atoms with Gasteiger partial charge in [-0.15, -0.1) is 0 Å². The van der Waals surface area contributed by atoms with Gasteiger partial charge >= 0.3 is 0 Å². The van der Waals surface area contributed by atoms with Crippen molar-refractivity contribution in [1.82, 2.24) is 0 Å². The van der Waals surface area contributed by atoms with Crippen LogP contribution in [0.15, 0.2) is 0 Å². The first kappa shape index (κ1) is 49.4. The Morgan fingerprint density at radius 2 is 0.286 bits per heavy atom. The molecule has 0 aliphatic carbocycles. The molecule has 0 aliphatic rings. The van der Waals surface area contributed by atoms with E-state index in [9.17, 15) is 0 Å². The lowest BCUT2D eigenvalue weighted by molar-refractivity contribution is 0.531. The van der Waals surface area contributed by atoms with E-state index in [1.807, 2.05) is 0 Å². The predicted octanol–water partition coefficient (Wildman–Crippen LogP) is 18.7. The molecule has 0 radical (unpaired) electrons. The molecule has 0 aromatic heterocycles. The molecule has 0 nitrogen and oxygen atoms in total. The number of unbranched alkanes of at least 4 members (excludes halogenated alkanes) is 36. The molecule has 0 N–H and O–H groups in total. The standard InChI is InChI=1S/C48H100P/c1-5-9-13-17-19-21-23-25-27-29-31-33-35-37-39-43-47-49(45-41-15-11-7-3,46-42-16-12-8-4)48-44-40-38-36-34-32-30-28-26-24-22-20-18-14-10-6-2/h5-48H2,1-4H3/q+1. The van der Waals surface area contributed by atoms with Gasteiger partial charge in [0, 0.05) is 7.26 Å². The first-order chi connectivity index (χ1) is 24.2. The Morgan fingerprint density at radius 3 is 0.449 bits per heavy atom. The fraction of sp³-hybridized carbons (Fsp3) is 1.00. The lowest BCUT2D eigenvalue weighted by Gasteiger charge is -2.28. The normalized spacial score (nSPS) is 12.0. The van der Waals surface area contributed by atoms with Crippen molar-refractivity contribution < 1.29 is 0 Å². The molecule has 0 aromatic carbocycles. The summed E-state index contributed by atoms with van der Waals surface area (Å²) in [5.41, 5.74) is 0. The van der Waals surface area contributed by atoms with Crippen LogP contribution in [0.2, 0.25) is 0 Å².